The summed E-state index contributed by atoms with van der Waals surface area (Å²) in [6.45, 7) is 0. The number of nitriles is 1. The molecule has 2 aromatic carbocycles. The standard InChI is InChI=1S/C15H9FN2Se/c16-12-2-4-14-10(6-12)7-15(19-14)9-1-3-13(18)11(5-9)8-17/h1-7H,18H2. The van der Waals surface area contributed by atoms with Crippen LogP contribution in [0.2, 0.25) is 0 Å². The van der Waals surface area contributed by atoms with E-state index in [1.165, 1.54) is 10.3 Å². The van der Waals surface area contributed by atoms with E-state index in [1.807, 2.05) is 18.2 Å². The maximum absolute atomic E-state index is 13.2. The van der Waals surface area contributed by atoms with Gasteiger partial charge in [-0.2, -0.15) is 0 Å². The molecule has 0 saturated carbocycles. The summed E-state index contributed by atoms with van der Waals surface area (Å²) in [5.74, 6) is -0.220. The van der Waals surface area contributed by atoms with Crippen LogP contribution in [0.5, 0.6) is 0 Å². The van der Waals surface area contributed by atoms with Gasteiger partial charge in [0.15, 0.2) is 0 Å². The van der Waals surface area contributed by atoms with Crippen LogP contribution in [0, 0.1) is 17.1 Å². The fraction of sp³-hybridized carbons (Fsp3) is 0. The molecule has 0 aliphatic rings. The second-order valence-electron chi connectivity index (χ2n) is 4.21. The molecular formula is C15H9FN2Se. The molecule has 1 aromatic heterocycles. The van der Waals surface area contributed by atoms with Gasteiger partial charge in [-0.15, -0.1) is 0 Å². The molecule has 3 rings (SSSR count). The molecule has 0 spiro atoms. The van der Waals surface area contributed by atoms with Crippen LogP contribution in [0.3, 0.4) is 0 Å². The topological polar surface area (TPSA) is 49.8 Å². The molecule has 4 heteroatoms. The van der Waals surface area contributed by atoms with Crippen molar-refractivity contribution >= 4 is 29.8 Å². The van der Waals surface area contributed by atoms with Crippen LogP contribution in [-0.2, 0) is 0 Å². The summed E-state index contributed by atoms with van der Waals surface area (Å²) in [4.78, 5) is 0. The summed E-state index contributed by atoms with van der Waals surface area (Å²) in [7, 11) is 0. The summed E-state index contributed by atoms with van der Waals surface area (Å²) < 4.78 is 15.5. The summed E-state index contributed by atoms with van der Waals surface area (Å²) >= 11 is 0.145. The molecule has 1 heterocycles. The fourth-order valence-corrected chi connectivity index (χ4v) is 4.14. The van der Waals surface area contributed by atoms with Crippen molar-refractivity contribution in [2.24, 2.45) is 0 Å². The van der Waals surface area contributed by atoms with Crippen molar-refractivity contribution in [2.45, 2.75) is 0 Å². The molecule has 92 valence electrons. The van der Waals surface area contributed by atoms with Gasteiger partial charge in [0.2, 0.25) is 0 Å². The fourth-order valence-electron chi connectivity index (χ4n) is 1.96. The van der Waals surface area contributed by atoms with Gasteiger partial charge in [0.25, 0.3) is 0 Å². The van der Waals surface area contributed by atoms with Crippen molar-refractivity contribution in [1.82, 2.24) is 0 Å². The normalized spacial score (nSPS) is 10.5. The Labute approximate surface area is 115 Å². The number of benzene rings is 2. The molecule has 0 amide bonds. The Morgan fingerprint density at radius 2 is 1.95 bits per heavy atom. The maximum atomic E-state index is 13.2. The molecule has 0 unspecified atom stereocenters. The molecule has 0 bridgehead atoms. The first kappa shape index (κ1) is 12.0. The summed E-state index contributed by atoms with van der Waals surface area (Å²) in [5, 5.41) is 9.94. The molecule has 3 aromatic rings. The first-order valence-electron chi connectivity index (χ1n) is 5.66. The molecule has 0 saturated heterocycles. The van der Waals surface area contributed by atoms with Crippen LogP contribution in [0.4, 0.5) is 10.1 Å². The van der Waals surface area contributed by atoms with Gasteiger partial charge in [-0.25, -0.2) is 0 Å². The SMILES string of the molecule is N#Cc1cc(-c2cc3cc(F)ccc3[se]2)ccc1N. The zero-order valence-electron chi connectivity index (χ0n) is 9.85. The average Bonchev–Trinajstić information content (AvgIpc) is 2.82. The average molecular weight is 315 g/mol. The Balaban J connectivity index is 2.16. The van der Waals surface area contributed by atoms with Crippen molar-refractivity contribution in [2.75, 3.05) is 5.73 Å². The third kappa shape index (κ3) is 2.15. The van der Waals surface area contributed by atoms with Crippen LogP contribution < -0.4 is 5.73 Å². The number of hydrogen-bond donors (Lipinski definition) is 1. The first-order chi connectivity index (χ1) is 9.17. The predicted octanol–water partition coefficient (Wildman–Crippen LogP) is 3.16. The number of rotatable bonds is 1. The van der Waals surface area contributed by atoms with Gasteiger partial charge in [0, 0.05) is 0 Å². The van der Waals surface area contributed by atoms with E-state index in [9.17, 15) is 4.39 Å². The monoisotopic (exact) mass is 316 g/mol. The third-order valence-corrected chi connectivity index (χ3v) is 5.38. The van der Waals surface area contributed by atoms with Crippen molar-refractivity contribution in [3.05, 3.63) is 53.8 Å². The van der Waals surface area contributed by atoms with E-state index < -0.39 is 0 Å². The van der Waals surface area contributed by atoms with E-state index in [1.54, 1.807) is 18.2 Å². The molecular weight excluding hydrogens is 306 g/mol. The Bertz CT molecular complexity index is 815. The minimum absolute atomic E-state index is 0.145. The molecule has 2 N–H and O–H groups in total. The quantitative estimate of drug-likeness (QED) is 0.554. The number of halogens is 1. The van der Waals surface area contributed by atoms with Gasteiger partial charge in [-0.1, -0.05) is 0 Å². The van der Waals surface area contributed by atoms with E-state index in [0.717, 1.165) is 15.4 Å². The second-order valence-corrected chi connectivity index (χ2v) is 6.48. The Morgan fingerprint density at radius 1 is 1.11 bits per heavy atom. The van der Waals surface area contributed by atoms with E-state index in [0.29, 0.717) is 11.3 Å². The second kappa shape index (κ2) is 4.55. The molecule has 0 fully saturated rings. The van der Waals surface area contributed by atoms with Gasteiger partial charge >= 0.3 is 115 Å². The van der Waals surface area contributed by atoms with Crippen LogP contribution in [0.25, 0.3) is 19.6 Å². The number of nitrogens with two attached hydrogens (primary N) is 1. The van der Waals surface area contributed by atoms with Crippen molar-refractivity contribution < 1.29 is 4.39 Å². The Morgan fingerprint density at radius 3 is 2.74 bits per heavy atom. The first-order valence-corrected chi connectivity index (χ1v) is 7.38. The van der Waals surface area contributed by atoms with Crippen molar-refractivity contribution in [1.29, 1.82) is 5.26 Å². The zero-order valence-corrected chi connectivity index (χ0v) is 11.6. The number of fused-ring (bicyclic) bond motifs is 1. The molecule has 0 aliphatic heterocycles. The summed E-state index contributed by atoms with van der Waals surface area (Å²) in [6.07, 6.45) is 0. The number of nitrogens with zero attached hydrogens (tertiary/aromatic N) is 1. The summed E-state index contributed by atoms with van der Waals surface area (Å²) in [5.41, 5.74) is 7.67. The van der Waals surface area contributed by atoms with Crippen LogP contribution in [0.15, 0.2) is 42.5 Å². The number of nitrogen functional groups attached to an aromatic ring is 1. The summed E-state index contributed by atoms with van der Waals surface area (Å²) in [6, 6.07) is 14.4. The molecule has 0 atom stereocenters. The Kier molecular flexibility index (Phi) is 2.87. The van der Waals surface area contributed by atoms with E-state index in [2.05, 4.69) is 6.07 Å². The molecule has 2 nitrogen and oxygen atoms in total. The number of anilines is 1. The van der Waals surface area contributed by atoms with Crippen LogP contribution >= 0.6 is 0 Å². The van der Waals surface area contributed by atoms with E-state index >= 15 is 0 Å². The Hall–Kier alpha value is -2.08. The van der Waals surface area contributed by atoms with Crippen LogP contribution in [-0.4, -0.2) is 14.5 Å². The van der Waals surface area contributed by atoms with Gasteiger partial charge in [0.05, 0.1) is 0 Å². The minimum atomic E-state index is -0.220. The van der Waals surface area contributed by atoms with Crippen LogP contribution in [0.1, 0.15) is 5.56 Å². The van der Waals surface area contributed by atoms with E-state index in [4.69, 9.17) is 11.0 Å². The molecule has 19 heavy (non-hydrogen) atoms. The van der Waals surface area contributed by atoms with E-state index in [-0.39, 0.29) is 20.3 Å². The molecule has 0 aliphatic carbocycles. The van der Waals surface area contributed by atoms with Gasteiger partial charge in [-0.05, 0) is 0 Å². The van der Waals surface area contributed by atoms with Gasteiger partial charge in [-0.3, -0.25) is 0 Å². The third-order valence-electron chi connectivity index (χ3n) is 2.94. The van der Waals surface area contributed by atoms with Crippen molar-refractivity contribution in [3.8, 4) is 16.1 Å². The van der Waals surface area contributed by atoms with Gasteiger partial charge < -0.3 is 0 Å². The predicted molar refractivity (Wildman–Crippen MR) is 75.4 cm³/mol. The number of hydrogen-bond acceptors (Lipinski definition) is 2. The zero-order chi connectivity index (χ0) is 13.4. The van der Waals surface area contributed by atoms with Crippen molar-refractivity contribution in [3.63, 3.8) is 0 Å². The van der Waals surface area contributed by atoms with Gasteiger partial charge in [0.1, 0.15) is 0 Å². The molecule has 0 radical (unpaired) electrons.